The van der Waals surface area contributed by atoms with Gasteiger partial charge in [-0.25, -0.2) is 4.39 Å². The minimum absolute atomic E-state index is 0.00337. The zero-order valence-electron chi connectivity index (χ0n) is 15.1. The predicted molar refractivity (Wildman–Crippen MR) is 103 cm³/mol. The van der Waals surface area contributed by atoms with Crippen LogP contribution in [0.3, 0.4) is 0 Å². The summed E-state index contributed by atoms with van der Waals surface area (Å²) in [5.41, 5.74) is 7.64. The van der Waals surface area contributed by atoms with Gasteiger partial charge in [-0.15, -0.1) is 0 Å². The fraction of sp³-hybridized carbons (Fsp3) is 0.333. The topological polar surface area (TPSA) is 84.2 Å². The highest BCUT2D eigenvalue weighted by molar-refractivity contribution is 6.04. The van der Waals surface area contributed by atoms with E-state index in [2.05, 4.69) is 10.6 Å². The Morgan fingerprint density at radius 1 is 1.11 bits per heavy atom. The van der Waals surface area contributed by atoms with Crippen molar-refractivity contribution in [3.63, 3.8) is 0 Å². The number of amides is 2. The van der Waals surface area contributed by atoms with Gasteiger partial charge in [-0.1, -0.05) is 18.6 Å². The molecule has 27 heavy (non-hydrogen) atoms. The Bertz CT molecular complexity index is 807. The van der Waals surface area contributed by atoms with Crippen molar-refractivity contribution < 1.29 is 14.0 Å². The molecule has 142 valence electrons. The van der Waals surface area contributed by atoms with Crippen LogP contribution in [0.25, 0.3) is 0 Å². The lowest BCUT2D eigenvalue weighted by molar-refractivity contribution is -0.126. The number of anilines is 1. The minimum atomic E-state index is -0.386. The number of nitrogens with two attached hydrogens (primary N) is 1. The van der Waals surface area contributed by atoms with E-state index in [0.717, 1.165) is 24.8 Å². The van der Waals surface area contributed by atoms with Gasteiger partial charge >= 0.3 is 0 Å². The van der Waals surface area contributed by atoms with Gasteiger partial charge in [0.25, 0.3) is 5.91 Å². The first-order valence-corrected chi connectivity index (χ1v) is 9.20. The van der Waals surface area contributed by atoms with Crippen LogP contribution in [-0.4, -0.2) is 18.4 Å². The highest BCUT2D eigenvalue weighted by Crippen LogP contribution is 2.31. The van der Waals surface area contributed by atoms with E-state index < -0.39 is 0 Å². The Morgan fingerprint density at radius 2 is 1.89 bits per heavy atom. The second kappa shape index (κ2) is 8.77. The van der Waals surface area contributed by atoms with Crippen LogP contribution >= 0.6 is 0 Å². The third kappa shape index (κ3) is 4.92. The molecule has 0 heterocycles. The third-order valence-corrected chi connectivity index (χ3v) is 5.06. The van der Waals surface area contributed by atoms with Crippen LogP contribution in [0.5, 0.6) is 0 Å². The molecule has 1 saturated carbocycles. The molecule has 0 aliphatic heterocycles. The molecule has 1 aliphatic rings. The van der Waals surface area contributed by atoms with E-state index in [9.17, 15) is 14.0 Å². The lowest BCUT2D eigenvalue weighted by atomic mass is 9.95. The zero-order valence-corrected chi connectivity index (χ0v) is 15.1. The number of nitrogens with one attached hydrogen (secondary N) is 2. The average molecular weight is 369 g/mol. The summed E-state index contributed by atoms with van der Waals surface area (Å²) in [6.07, 6.45) is 2.95. The van der Waals surface area contributed by atoms with E-state index in [1.165, 1.54) is 24.3 Å². The maximum Gasteiger partial charge on any atom is 0.255 e. The van der Waals surface area contributed by atoms with Crippen molar-refractivity contribution in [2.75, 3.05) is 11.9 Å². The minimum Gasteiger partial charge on any atom is -0.352 e. The van der Waals surface area contributed by atoms with Crippen molar-refractivity contribution in [3.8, 4) is 0 Å². The van der Waals surface area contributed by atoms with Crippen molar-refractivity contribution in [2.24, 2.45) is 17.6 Å². The number of hydrogen-bond acceptors (Lipinski definition) is 3. The standard InChI is InChI=1S/C21H24FN3O2/c22-17-9-7-15(8-10-17)20(26)25-18-5-1-3-14(11-18)13-24-21(27)19-6-2-4-16(19)12-23/h1,3,5,7-11,16,19H,2,4,6,12-13,23H2,(H,24,27)(H,25,26)/t16-,19-/m1/s1. The Kier molecular flexibility index (Phi) is 6.19. The molecule has 0 radical (unpaired) electrons. The molecule has 5 nitrogen and oxygen atoms in total. The summed E-state index contributed by atoms with van der Waals surface area (Å²) in [4.78, 5) is 24.6. The molecule has 0 bridgehead atoms. The fourth-order valence-electron chi connectivity index (χ4n) is 3.55. The van der Waals surface area contributed by atoms with E-state index in [0.29, 0.717) is 24.3 Å². The number of carbonyl (C=O) groups is 2. The molecule has 2 aromatic rings. The van der Waals surface area contributed by atoms with Gasteiger partial charge in [0.15, 0.2) is 0 Å². The molecule has 0 spiro atoms. The van der Waals surface area contributed by atoms with E-state index >= 15 is 0 Å². The Balaban J connectivity index is 1.58. The molecular weight excluding hydrogens is 345 g/mol. The summed E-state index contributed by atoms with van der Waals surface area (Å²) in [5, 5.41) is 5.76. The molecular formula is C21H24FN3O2. The molecule has 2 aromatic carbocycles. The van der Waals surface area contributed by atoms with Crippen molar-refractivity contribution in [3.05, 3.63) is 65.5 Å². The first kappa shape index (κ1) is 19.0. The lowest BCUT2D eigenvalue weighted by Gasteiger charge is -2.17. The molecule has 0 unspecified atom stereocenters. The number of rotatable bonds is 6. The van der Waals surface area contributed by atoms with Gasteiger partial charge in [0.05, 0.1) is 0 Å². The van der Waals surface area contributed by atoms with Crippen molar-refractivity contribution >= 4 is 17.5 Å². The van der Waals surface area contributed by atoms with Gasteiger partial charge in [-0.2, -0.15) is 0 Å². The summed E-state index contributed by atoms with van der Waals surface area (Å²) < 4.78 is 13.0. The van der Waals surface area contributed by atoms with Gasteiger partial charge in [-0.05, 0) is 67.3 Å². The summed E-state index contributed by atoms with van der Waals surface area (Å²) in [7, 11) is 0. The number of hydrogen-bond donors (Lipinski definition) is 3. The molecule has 2 atom stereocenters. The van der Waals surface area contributed by atoms with Crippen LogP contribution in [0.4, 0.5) is 10.1 Å². The Hall–Kier alpha value is -2.73. The normalized spacial score (nSPS) is 18.9. The molecule has 1 aliphatic carbocycles. The van der Waals surface area contributed by atoms with Crippen LogP contribution in [-0.2, 0) is 11.3 Å². The molecule has 0 aromatic heterocycles. The number of halogens is 1. The van der Waals surface area contributed by atoms with Gasteiger partial charge in [0.1, 0.15) is 5.82 Å². The molecule has 2 amide bonds. The van der Waals surface area contributed by atoms with Crippen molar-refractivity contribution in [1.82, 2.24) is 5.32 Å². The predicted octanol–water partition coefficient (Wildman–Crippen LogP) is 3.07. The second-order valence-electron chi connectivity index (χ2n) is 6.91. The number of carbonyl (C=O) groups excluding carboxylic acids is 2. The lowest BCUT2D eigenvalue weighted by Crippen LogP contribution is -2.34. The molecule has 6 heteroatoms. The monoisotopic (exact) mass is 369 g/mol. The zero-order chi connectivity index (χ0) is 19.2. The highest BCUT2D eigenvalue weighted by atomic mass is 19.1. The average Bonchev–Trinajstić information content (AvgIpc) is 3.16. The maximum absolute atomic E-state index is 13.0. The quantitative estimate of drug-likeness (QED) is 0.732. The van der Waals surface area contributed by atoms with Gasteiger partial charge in [0.2, 0.25) is 5.91 Å². The van der Waals surface area contributed by atoms with Crippen molar-refractivity contribution in [1.29, 1.82) is 0 Å². The number of benzene rings is 2. The van der Waals surface area contributed by atoms with Crippen LogP contribution in [0, 0.1) is 17.7 Å². The SMILES string of the molecule is NC[C@H]1CCC[C@H]1C(=O)NCc1cccc(NC(=O)c2ccc(F)cc2)c1. The van der Waals surface area contributed by atoms with Gasteiger partial charge < -0.3 is 16.4 Å². The molecule has 1 fully saturated rings. The first-order chi connectivity index (χ1) is 13.1. The summed E-state index contributed by atoms with van der Waals surface area (Å²) in [6.45, 7) is 0.940. The van der Waals surface area contributed by atoms with E-state index in [1.807, 2.05) is 18.2 Å². The Labute approximate surface area is 158 Å². The van der Waals surface area contributed by atoms with E-state index in [4.69, 9.17) is 5.73 Å². The molecule has 3 rings (SSSR count). The molecule has 0 saturated heterocycles. The van der Waals surface area contributed by atoms with E-state index in [1.54, 1.807) is 6.07 Å². The van der Waals surface area contributed by atoms with E-state index in [-0.39, 0.29) is 29.5 Å². The van der Waals surface area contributed by atoms with Crippen LogP contribution in [0.2, 0.25) is 0 Å². The van der Waals surface area contributed by atoms with Crippen LogP contribution in [0.15, 0.2) is 48.5 Å². The summed E-state index contributed by atoms with van der Waals surface area (Å²) in [5.74, 6) is -0.386. The van der Waals surface area contributed by atoms with Crippen LogP contribution in [0.1, 0.15) is 35.2 Å². The smallest absolute Gasteiger partial charge is 0.255 e. The third-order valence-electron chi connectivity index (χ3n) is 5.06. The van der Waals surface area contributed by atoms with Gasteiger partial charge in [0, 0.05) is 23.7 Å². The Morgan fingerprint density at radius 3 is 2.63 bits per heavy atom. The van der Waals surface area contributed by atoms with Gasteiger partial charge in [-0.3, -0.25) is 9.59 Å². The fourth-order valence-corrected chi connectivity index (χ4v) is 3.55. The van der Waals surface area contributed by atoms with Crippen LogP contribution < -0.4 is 16.4 Å². The second-order valence-corrected chi connectivity index (χ2v) is 6.91. The van der Waals surface area contributed by atoms with Crippen molar-refractivity contribution in [2.45, 2.75) is 25.8 Å². The first-order valence-electron chi connectivity index (χ1n) is 9.20. The largest absolute Gasteiger partial charge is 0.352 e. The highest BCUT2D eigenvalue weighted by Gasteiger charge is 2.31. The maximum atomic E-state index is 13.0. The summed E-state index contributed by atoms with van der Waals surface area (Å²) >= 11 is 0. The molecule has 4 N–H and O–H groups in total. The summed E-state index contributed by atoms with van der Waals surface area (Å²) in [6, 6.07) is 12.7.